The Labute approximate surface area is 121 Å². The van der Waals surface area contributed by atoms with Crippen molar-refractivity contribution in [3.63, 3.8) is 0 Å². The van der Waals surface area contributed by atoms with Gasteiger partial charge in [-0.1, -0.05) is 15.9 Å². The van der Waals surface area contributed by atoms with Gasteiger partial charge in [0.2, 0.25) is 0 Å². The Balaban J connectivity index is 2.64. The van der Waals surface area contributed by atoms with E-state index in [1.165, 1.54) is 0 Å². The maximum atomic E-state index is 11.8. The smallest absolute Gasteiger partial charge is 0.163 e. The van der Waals surface area contributed by atoms with Crippen molar-refractivity contribution in [2.75, 3.05) is 5.32 Å². The highest BCUT2D eigenvalue weighted by molar-refractivity contribution is 9.10. The Hall–Kier alpha value is -1.42. The van der Waals surface area contributed by atoms with E-state index in [0.29, 0.717) is 11.4 Å². The second-order valence-electron chi connectivity index (χ2n) is 5.65. The molecule has 0 atom stereocenters. The second kappa shape index (κ2) is 4.93. The predicted molar refractivity (Wildman–Crippen MR) is 82.8 cm³/mol. The first-order chi connectivity index (χ1) is 8.76. The number of nitrogens with zero attached hydrogens (tertiary/aromatic N) is 1. The molecule has 3 nitrogen and oxygen atoms in total. The van der Waals surface area contributed by atoms with Crippen molar-refractivity contribution in [1.82, 2.24) is 4.98 Å². The van der Waals surface area contributed by atoms with Crippen LogP contribution in [0.1, 0.15) is 38.1 Å². The minimum absolute atomic E-state index is 0.0149. The Morgan fingerprint density at radius 2 is 1.95 bits per heavy atom. The zero-order valence-corrected chi connectivity index (χ0v) is 13.1. The second-order valence-corrected chi connectivity index (χ2v) is 6.57. The number of anilines is 1. The average Bonchev–Trinajstić information content (AvgIpc) is 2.26. The number of carbonyl (C=O) groups excluding carboxylic acids is 1. The molecule has 0 aliphatic heterocycles. The Morgan fingerprint density at radius 1 is 1.26 bits per heavy atom. The molecular formula is C15H17BrN2O. The molecule has 0 spiro atoms. The van der Waals surface area contributed by atoms with E-state index in [4.69, 9.17) is 0 Å². The van der Waals surface area contributed by atoms with Gasteiger partial charge in [-0.3, -0.25) is 4.79 Å². The van der Waals surface area contributed by atoms with Crippen molar-refractivity contribution in [2.24, 2.45) is 0 Å². The van der Waals surface area contributed by atoms with Crippen LogP contribution in [0.5, 0.6) is 0 Å². The van der Waals surface area contributed by atoms with E-state index in [1.54, 1.807) is 6.92 Å². The standard InChI is InChI=1S/C15H17BrN2O/c1-9(19)12-8-10-7-11(16)5-6-13(10)17-14(12)18-15(2,3)4/h5-8H,1-4H3,(H,17,18). The molecule has 0 saturated carbocycles. The molecule has 0 unspecified atom stereocenters. The molecule has 2 rings (SSSR count). The Bertz CT molecular complexity index is 644. The summed E-state index contributed by atoms with van der Waals surface area (Å²) in [6.07, 6.45) is 0. The molecule has 0 aliphatic rings. The van der Waals surface area contributed by atoms with Crippen LogP contribution >= 0.6 is 15.9 Å². The lowest BCUT2D eigenvalue weighted by Crippen LogP contribution is -2.27. The summed E-state index contributed by atoms with van der Waals surface area (Å²) < 4.78 is 0.979. The van der Waals surface area contributed by atoms with Gasteiger partial charge in [0.25, 0.3) is 0 Å². The third kappa shape index (κ3) is 3.32. The van der Waals surface area contributed by atoms with E-state index in [1.807, 2.05) is 45.0 Å². The minimum atomic E-state index is -0.139. The van der Waals surface area contributed by atoms with Gasteiger partial charge in [-0.05, 0) is 52.0 Å². The first-order valence-corrected chi connectivity index (χ1v) is 6.95. The molecular weight excluding hydrogens is 304 g/mol. The number of carbonyl (C=O) groups is 1. The summed E-state index contributed by atoms with van der Waals surface area (Å²) in [5.74, 6) is 0.663. The van der Waals surface area contributed by atoms with Gasteiger partial charge < -0.3 is 5.32 Å². The number of ketones is 1. The van der Waals surface area contributed by atoms with Crippen LogP contribution in [0.25, 0.3) is 10.9 Å². The van der Waals surface area contributed by atoms with Crippen molar-refractivity contribution in [3.05, 3.63) is 34.3 Å². The van der Waals surface area contributed by atoms with Gasteiger partial charge in [-0.25, -0.2) is 4.98 Å². The van der Waals surface area contributed by atoms with Crippen LogP contribution in [0.15, 0.2) is 28.7 Å². The molecule has 19 heavy (non-hydrogen) atoms. The van der Waals surface area contributed by atoms with Crippen LogP contribution in [-0.2, 0) is 0 Å². The SMILES string of the molecule is CC(=O)c1cc2cc(Br)ccc2nc1NC(C)(C)C. The fourth-order valence-electron chi connectivity index (χ4n) is 1.87. The van der Waals surface area contributed by atoms with Gasteiger partial charge >= 0.3 is 0 Å². The van der Waals surface area contributed by atoms with Crippen LogP contribution in [0, 0.1) is 0 Å². The average molecular weight is 321 g/mol. The zero-order chi connectivity index (χ0) is 14.2. The summed E-state index contributed by atoms with van der Waals surface area (Å²) in [5, 5.41) is 4.25. The van der Waals surface area contributed by atoms with Crippen LogP contribution in [0.2, 0.25) is 0 Å². The number of benzene rings is 1. The lowest BCUT2D eigenvalue weighted by atomic mass is 10.1. The van der Waals surface area contributed by atoms with Gasteiger partial charge in [-0.2, -0.15) is 0 Å². The molecule has 1 heterocycles. The molecule has 0 radical (unpaired) electrons. The first kappa shape index (κ1) is 14.0. The summed E-state index contributed by atoms with van der Waals surface area (Å²) in [6, 6.07) is 7.75. The summed E-state index contributed by atoms with van der Waals surface area (Å²) in [4.78, 5) is 16.4. The lowest BCUT2D eigenvalue weighted by Gasteiger charge is -2.23. The summed E-state index contributed by atoms with van der Waals surface area (Å²) in [5.41, 5.74) is 1.36. The highest BCUT2D eigenvalue weighted by atomic mass is 79.9. The number of aromatic nitrogens is 1. The third-order valence-electron chi connectivity index (χ3n) is 2.65. The maximum absolute atomic E-state index is 11.8. The molecule has 1 aromatic heterocycles. The Kier molecular flexibility index (Phi) is 3.63. The molecule has 0 amide bonds. The number of rotatable bonds is 2. The fourth-order valence-corrected chi connectivity index (χ4v) is 2.24. The van der Waals surface area contributed by atoms with Gasteiger partial charge in [0.1, 0.15) is 5.82 Å². The van der Waals surface area contributed by atoms with Crippen molar-refractivity contribution >= 4 is 38.4 Å². The van der Waals surface area contributed by atoms with Crippen LogP contribution < -0.4 is 5.32 Å². The number of fused-ring (bicyclic) bond motifs is 1. The number of pyridine rings is 1. The van der Waals surface area contributed by atoms with Crippen molar-refractivity contribution in [2.45, 2.75) is 33.2 Å². The lowest BCUT2D eigenvalue weighted by molar-refractivity contribution is 0.101. The maximum Gasteiger partial charge on any atom is 0.163 e. The predicted octanol–water partition coefficient (Wildman–Crippen LogP) is 4.41. The quantitative estimate of drug-likeness (QED) is 0.833. The molecule has 100 valence electrons. The van der Waals surface area contributed by atoms with E-state index in [-0.39, 0.29) is 11.3 Å². The van der Waals surface area contributed by atoms with Crippen LogP contribution in [0.3, 0.4) is 0 Å². The molecule has 0 fully saturated rings. The van der Waals surface area contributed by atoms with E-state index in [9.17, 15) is 4.79 Å². The summed E-state index contributed by atoms with van der Waals surface area (Å²) >= 11 is 3.43. The highest BCUT2D eigenvalue weighted by Gasteiger charge is 2.16. The zero-order valence-electron chi connectivity index (χ0n) is 11.5. The normalized spacial score (nSPS) is 11.6. The fraction of sp³-hybridized carbons (Fsp3) is 0.333. The van der Waals surface area contributed by atoms with E-state index >= 15 is 0 Å². The number of nitrogens with one attached hydrogen (secondary N) is 1. The first-order valence-electron chi connectivity index (χ1n) is 6.16. The van der Waals surface area contributed by atoms with E-state index in [2.05, 4.69) is 26.2 Å². The summed E-state index contributed by atoms with van der Waals surface area (Å²) in [7, 11) is 0. The molecule has 1 N–H and O–H groups in total. The topological polar surface area (TPSA) is 42.0 Å². The van der Waals surface area contributed by atoms with Gasteiger partial charge in [0, 0.05) is 15.4 Å². The minimum Gasteiger partial charge on any atom is -0.365 e. The highest BCUT2D eigenvalue weighted by Crippen LogP contribution is 2.25. The number of hydrogen-bond donors (Lipinski definition) is 1. The largest absolute Gasteiger partial charge is 0.365 e. The molecule has 0 saturated heterocycles. The number of halogens is 1. The summed E-state index contributed by atoms with van der Waals surface area (Å²) in [6.45, 7) is 7.70. The number of Topliss-reactive ketones (excluding diaryl/α,β-unsaturated/α-hetero) is 1. The van der Waals surface area contributed by atoms with Gasteiger partial charge in [0.05, 0.1) is 11.1 Å². The van der Waals surface area contributed by atoms with Gasteiger partial charge in [0.15, 0.2) is 5.78 Å². The van der Waals surface area contributed by atoms with Crippen molar-refractivity contribution < 1.29 is 4.79 Å². The van der Waals surface area contributed by atoms with Crippen LogP contribution in [0.4, 0.5) is 5.82 Å². The van der Waals surface area contributed by atoms with E-state index < -0.39 is 0 Å². The number of hydrogen-bond acceptors (Lipinski definition) is 3. The van der Waals surface area contributed by atoms with Crippen molar-refractivity contribution in [3.8, 4) is 0 Å². The molecule has 0 bridgehead atoms. The third-order valence-corrected chi connectivity index (χ3v) is 3.14. The molecule has 0 aliphatic carbocycles. The molecule has 1 aromatic carbocycles. The van der Waals surface area contributed by atoms with E-state index in [0.717, 1.165) is 15.4 Å². The Morgan fingerprint density at radius 3 is 2.53 bits per heavy atom. The van der Waals surface area contributed by atoms with Crippen molar-refractivity contribution in [1.29, 1.82) is 0 Å². The molecule has 2 aromatic rings. The van der Waals surface area contributed by atoms with Gasteiger partial charge in [-0.15, -0.1) is 0 Å². The van der Waals surface area contributed by atoms with Crippen LogP contribution in [-0.4, -0.2) is 16.3 Å². The molecule has 4 heteroatoms. The monoisotopic (exact) mass is 320 g/mol.